The van der Waals surface area contributed by atoms with Gasteiger partial charge in [0.25, 0.3) is 10.0 Å². The van der Waals surface area contributed by atoms with Crippen molar-refractivity contribution < 1.29 is 23.1 Å². The second-order valence-corrected chi connectivity index (χ2v) is 7.61. The summed E-state index contributed by atoms with van der Waals surface area (Å²) in [4.78, 5) is 13.0. The minimum Gasteiger partial charge on any atom is -0.482 e. The Morgan fingerprint density at radius 3 is 2.41 bits per heavy atom. The summed E-state index contributed by atoms with van der Waals surface area (Å²) >= 11 is 0. The quantitative estimate of drug-likeness (QED) is 0.533. The zero-order chi connectivity index (χ0) is 20.0. The van der Waals surface area contributed by atoms with Gasteiger partial charge in [-0.25, -0.2) is 4.79 Å². The van der Waals surface area contributed by atoms with Crippen LogP contribution in [-0.2, 0) is 14.8 Å². The summed E-state index contributed by atoms with van der Waals surface area (Å²) in [5, 5.41) is 12.7. The molecule has 0 saturated heterocycles. The lowest BCUT2D eigenvalue weighted by molar-refractivity contribution is -0.139. The first-order valence-corrected chi connectivity index (χ1v) is 9.82. The Morgan fingerprint density at radius 1 is 1.15 bits per heavy atom. The summed E-state index contributed by atoms with van der Waals surface area (Å²) in [5.74, 6) is -0.650. The molecule has 2 aromatic rings. The smallest absolute Gasteiger partial charge is 0.341 e. The molecule has 0 amide bonds. The van der Waals surface area contributed by atoms with E-state index >= 15 is 0 Å². The fourth-order valence-corrected chi connectivity index (χ4v) is 3.56. The molecule has 0 atom stereocenters. The zero-order valence-corrected chi connectivity index (χ0v) is 16.2. The molecule has 27 heavy (non-hydrogen) atoms. The number of carbonyl (C=O) groups is 1. The number of sulfonamides is 1. The minimum atomic E-state index is -3.78. The fraction of sp³-hybridized carbons (Fsp3) is 0.263. The highest BCUT2D eigenvalue weighted by atomic mass is 32.2. The molecule has 2 aromatic carbocycles. The molecule has 2 rings (SSSR count). The number of aryl methyl sites for hydroxylation is 2. The van der Waals surface area contributed by atoms with Crippen LogP contribution >= 0.6 is 0 Å². The van der Waals surface area contributed by atoms with Crippen LogP contribution in [-0.4, -0.2) is 31.8 Å². The molecule has 0 spiro atoms. The van der Waals surface area contributed by atoms with Gasteiger partial charge in [-0.3, -0.25) is 0 Å². The van der Waals surface area contributed by atoms with Crippen molar-refractivity contribution in [1.29, 1.82) is 0 Å². The van der Waals surface area contributed by atoms with Crippen LogP contribution in [0.4, 0.5) is 0 Å². The number of rotatable bonds is 8. The lowest BCUT2D eigenvalue weighted by atomic mass is 10.1. The van der Waals surface area contributed by atoms with Crippen molar-refractivity contribution in [2.75, 3.05) is 6.61 Å². The molecule has 0 aliphatic heterocycles. The normalized spacial score (nSPS) is 11.9. The number of hydrogen-bond acceptors (Lipinski definition) is 5. The van der Waals surface area contributed by atoms with Crippen LogP contribution < -0.4 is 9.57 Å². The Balaban J connectivity index is 2.20. The molecule has 0 bridgehead atoms. The molecule has 8 heteroatoms. The van der Waals surface area contributed by atoms with E-state index in [-0.39, 0.29) is 4.90 Å². The van der Waals surface area contributed by atoms with E-state index in [1.54, 1.807) is 43.3 Å². The predicted molar refractivity (Wildman–Crippen MR) is 103 cm³/mol. The summed E-state index contributed by atoms with van der Waals surface area (Å²) in [5.41, 5.74) is 2.75. The number of ether oxygens (including phenoxy) is 1. The Morgan fingerprint density at radius 2 is 1.81 bits per heavy atom. The van der Waals surface area contributed by atoms with Gasteiger partial charge in [0.15, 0.2) is 6.61 Å². The first-order chi connectivity index (χ1) is 12.7. The van der Waals surface area contributed by atoms with Gasteiger partial charge in [0, 0.05) is 0 Å². The highest BCUT2D eigenvalue weighted by molar-refractivity contribution is 7.89. The van der Waals surface area contributed by atoms with E-state index in [1.165, 1.54) is 0 Å². The Labute approximate surface area is 158 Å². The van der Waals surface area contributed by atoms with Crippen molar-refractivity contribution in [3.63, 3.8) is 0 Å². The molecule has 0 heterocycles. The largest absolute Gasteiger partial charge is 0.482 e. The Bertz CT molecular complexity index is 951. The monoisotopic (exact) mass is 390 g/mol. The van der Waals surface area contributed by atoms with Gasteiger partial charge in [0.05, 0.1) is 10.6 Å². The number of carboxylic acids is 1. The molecule has 0 fully saturated rings. The van der Waals surface area contributed by atoms with Crippen molar-refractivity contribution >= 4 is 21.7 Å². The van der Waals surface area contributed by atoms with Gasteiger partial charge in [-0.15, -0.1) is 0 Å². The Hall–Kier alpha value is -2.87. The molecular weight excluding hydrogens is 368 g/mol. The molecule has 0 unspecified atom stereocenters. The van der Waals surface area contributed by atoms with Gasteiger partial charge >= 0.3 is 5.97 Å². The van der Waals surface area contributed by atoms with E-state index in [4.69, 9.17) is 9.84 Å². The van der Waals surface area contributed by atoms with Gasteiger partial charge in [0.1, 0.15) is 5.75 Å². The lowest BCUT2D eigenvalue weighted by Gasteiger charge is -2.10. The number of nitrogens with one attached hydrogen (secondary N) is 1. The van der Waals surface area contributed by atoms with E-state index in [2.05, 4.69) is 9.93 Å². The number of hydrazone groups is 1. The summed E-state index contributed by atoms with van der Waals surface area (Å²) in [6.07, 6.45) is 0.505. The molecule has 0 aliphatic carbocycles. The molecule has 0 saturated carbocycles. The van der Waals surface area contributed by atoms with Crippen LogP contribution in [0.25, 0.3) is 0 Å². The molecule has 0 radical (unpaired) electrons. The van der Waals surface area contributed by atoms with Gasteiger partial charge < -0.3 is 9.84 Å². The van der Waals surface area contributed by atoms with Crippen molar-refractivity contribution in [2.45, 2.75) is 32.1 Å². The predicted octanol–water partition coefficient (Wildman–Crippen LogP) is 2.86. The SMILES string of the molecule is CC/C(=N/NS(=O)(=O)c1cc(C)ccc1C)c1ccc(OCC(=O)O)cc1. The first kappa shape index (κ1) is 20.4. The van der Waals surface area contributed by atoms with Gasteiger partial charge in [-0.05, 0) is 67.3 Å². The van der Waals surface area contributed by atoms with E-state index < -0.39 is 22.6 Å². The summed E-state index contributed by atoms with van der Waals surface area (Å²) in [6.45, 7) is 4.99. The third-order valence-electron chi connectivity index (χ3n) is 3.82. The average molecular weight is 390 g/mol. The fourth-order valence-electron chi connectivity index (χ4n) is 2.40. The number of benzene rings is 2. The van der Waals surface area contributed by atoms with Gasteiger partial charge in [0.2, 0.25) is 0 Å². The van der Waals surface area contributed by atoms with Crippen LogP contribution in [0.2, 0.25) is 0 Å². The number of hydrogen-bond donors (Lipinski definition) is 2. The van der Waals surface area contributed by atoms with Gasteiger partial charge in [-0.2, -0.15) is 18.4 Å². The van der Waals surface area contributed by atoms with Gasteiger partial charge in [-0.1, -0.05) is 19.1 Å². The first-order valence-electron chi connectivity index (χ1n) is 8.33. The van der Waals surface area contributed by atoms with Crippen LogP contribution in [0.5, 0.6) is 5.75 Å². The van der Waals surface area contributed by atoms with Crippen LogP contribution in [0.1, 0.15) is 30.0 Å². The van der Waals surface area contributed by atoms with Crippen molar-refractivity contribution in [2.24, 2.45) is 5.10 Å². The average Bonchev–Trinajstić information content (AvgIpc) is 2.63. The highest BCUT2D eigenvalue weighted by Crippen LogP contribution is 2.17. The highest BCUT2D eigenvalue weighted by Gasteiger charge is 2.16. The molecule has 2 N–H and O–H groups in total. The second kappa shape index (κ2) is 8.68. The molecule has 0 aliphatic rings. The number of nitrogens with zero attached hydrogens (tertiary/aromatic N) is 1. The maximum absolute atomic E-state index is 12.6. The van der Waals surface area contributed by atoms with Crippen molar-refractivity contribution in [3.8, 4) is 5.75 Å². The van der Waals surface area contributed by atoms with E-state index in [0.29, 0.717) is 29.0 Å². The maximum Gasteiger partial charge on any atom is 0.341 e. The second-order valence-electron chi connectivity index (χ2n) is 5.98. The molecular formula is C19H22N2O5S. The number of aliphatic carboxylic acids is 1. The standard InChI is InChI=1S/C19H22N2O5S/c1-4-17(15-7-9-16(10-8-15)26-12-19(22)23)20-21-27(24,25)18-11-13(2)5-6-14(18)3/h5-11,21H,4,12H2,1-3H3,(H,22,23)/b20-17-. The van der Waals surface area contributed by atoms with E-state index in [1.807, 2.05) is 19.9 Å². The van der Waals surface area contributed by atoms with Crippen LogP contribution in [0.3, 0.4) is 0 Å². The lowest BCUT2D eigenvalue weighted by Crippen LogP contribution is -2.21. The third kappa shape index (κ3) is 5.55. The minimum absolute atomic E-state index is 0.194. The summed E-state index contributed by atoms with van der Waals surface area (Å²) < 4.78 is 30.2. The summed E-state index contributed by atoms with van der Waals surface area (Å²) in [7, 11) is -3.78. The summed E-state index contributed by atoms with van der Waals surface area (Å²) in [6, 6.07) is 11.8. The van der Waals surface area contributed by atoms with E-state index in [9.17, 15) is 13.2 Å². The Kier molecular flexibility index (Phi) is 6.57. The zero-order valence-electron chi connectivity index (χ0n) is 15.4. The van der Waals surface area contributed by atoms with Crippen LogP contribution in [0.15, 0.2) is 52.5 Å². The van der Waals surface area contributed by atoms with Crippen LogP contribution in [0, 0.1) is 13.8 Å². The van der Waals surface area contributed by atoms with Crippen molar-refractivity contribution in [3.05, 3.63) is 59.2 Å². The molecule has 0 aromatic heterocycles. The van der Waals surface area contributed by atoms with Crippen molar-refractivity contribution in [1.82, 2.24) is 4.83 Å². The third-order valence-corrected chi connectivity index (χ3v) is 5.17. The molecule has 7 nitrogen and oxygen atoms in total. The number of carboxylic acid groups (broad SMARTS) is 1. The maximum atomic E-state index is 12.6. The van der Waals surface area contributed by atoms with E-state index in [0.717, 1.165) is 5.56 Å². The topological polar surface area (TPSA) is 105 Å². The molecule has 144 valence electrons.